The smallest absolute Gasteiger partial charge is 0.124 e. The molecule has 1 aromatic rings. The third-order valence-corrected chi connectivity index (χ3v) is 3.05. The maximum absolute atomic E-state index is 5.36. The molecule has 1 aliphatic heterocycles. The predicted molar refractivity (Wildman–Crippen MR) is 56.4 cm³/mol. The molecule has 0 saturated carbocycles. The van der Waals surface area contributed by atoms with Crippen molar-refractivity contribution in [2.24, 2.45) is 5.41 Å². The zero-order valence-electron chi connectivity index (χ0n) is 9.16. The maximum atomic E-state index is 5.36. The highest BCUT2D eigenvalue weighted by molar-refractivity contribution is 4.94. The molecule has 0 unspecified atom stereocenters. The van der Waals surface area contributed by atoms with Gasteiger partial charge in [-0.2, -0.15) is 0 Å². The molecule has 1 saturated heterocycles. The van der Waals surface area contributed by atoms with Crippen LogP contribution in [0.1, 0.15) is 25.5 Å². The van der Waals surface area contributed by atoms with E-state index in [4.69, 9.17) is 9.26 Å². The maximum Gasteiger partial charge on any atom is 0.124 e. The SMILES string of the molecule is CC1(CNCc2ccon2)CCOCC1. The fourth-order valence-electron chi connectivity index (χ4n) is 1.86. The normalized spacial score (nSPS) is 20.3. The van der Waals surface area contributed by atoms with Crippen molar-refractivity contribution in [3.8, 4) is 0 Å². The van der Waals surface area contributed by atoms with Gasteiger partial charge < -0.3 is 14.6 Å². The summed E-state index contributed by atoms with van der Waals surface area (Å²) in [5, 5.41) is 7.28. The first-order valence-electron chi connectivity index (χ1n) is 5.46. The van der Waals surface area contributed by atoms with Crippen molar-refractivity contribution in [2.45, 2.75) is 26.3 Å². The van der Waals surface area contributed by atoms with Crippen molar-refractivity contribution in [3.63, 3.8) is 0 Å². The van der Waals surface area contributed by atoms with E-state index >= 15 is 0 Å². The van der Waals surface area contributed by atoms with Crippen LogP contribution in [0.3, 0.4) is 0 Å². The van der Waals surface area contributed by atoms with Crippen LogP contribution in [0.2, 0.25) is 0 Å². The summed E-state index contributed by atoms with van der Waals surface area (Å²) in [6, 6.07) is 1.89. The first kappa shape index (κ1) is 10.6. The summed E-state index contributed by atoms with van der Waals surface area (Å²) in [5.41, 5.74) is 1.34. The Morgan fingerprint density at radius 1 is 1.47 bits per heavy atom. The Morgan fingerprint density at radius 3 is 2.93 bits per heavy atom. The monoisotopic (exact) mass is 210 g/mol. The van der Waals surface area contributed by atoms with E-state index in [1.807, 2.05) is 6.07 Å². The van der Waals surface area contributed by atoms with Crippen LogP contribution in [0.4, 0.5) is 0 Å². The molecular formula is C11H18N2O2. The molecule has 1 aromatic heterocycles. The van der Waals surface area contributed by atoms with Crippen molar-refractivity contribution in [1.29, 1.82) is 0 Å². The van der Waals surface area contributed by atoms with Crippen LogP contribution in [0.25, 0.3) is 0 Å². The summed E-state index contributed by atoms with van der Waals surface area (Å²) in [5.74, 6) is 0. The van der Waals surface area contributed by atoms with Gasteiger partial charge in [0.1, 0.15) is 6.26 Å². The number of hydrogen-bond acceptors (Lipinski definition) is 4. The third-order valence-electron chi connectivity index (χ3n) is 3.05. The molecule has 0 spiro atoms. The van der Waals surface area contributed by atoms with Crippen molar-refractivity contribution < 1.29 is 9.26 Å². The van der Waals surface area contributed by atoms with Crippen molar-refractivity contribution >= 4 is 0 Å². The van der Waals surface area contributed by atoms with Crippen LogP contribution >= 0.6 is 0 Å². The highest BCUT2D eigenvalue weighted by Crippen LogP contribution is 2.28. The van der Waals surface area contributed by atoms with Gasteiger partial charge in [-0.3, -0.25) is 0 Å². The van der Waals surface area contributed by atoms with E-state index in [2.05, 4.69) is 17.4 Å². The standard InChI is InChI=1S/C11H18N2O2/c1-11(3-6-14-7-4-11)9-12-8-10-2-5-15-13-10/h2,5,12H,3-4,6-9H2,1H3. The van der Waals surface area contributed by atoms with Crippen LogP contribution in [-0.2, 0) is 11.3 Å². The number of nitrogens with one attached hydrogen (secondary N) is 1. The van der Waals surface area contributed by atoms with Crippen LogP contribution in [0.5, 0.6) is 0 Å². The fourth-order valence-corrected chi connectivity index (χ4v) is 1.86. The molecule has 4 nitrogen and oxygen atoms in total. The summed E-state index contributed by atoms with van der Waals surface area (Å²) in [6.07, 6.45) is 3.88. The summed E-state index contributed by atoms with van der Waals surface area (Å²) in [4.78, 5) is 0. The molecule has 2 rings (SSSR count). The summed E-state index contributed by atoms with van der Waals surface area (Å²) < 4.78 is 10.1. The second-order valence-corrected chi connectivity index (χ2v) is 4.52. The largest absolute Gasteiger partial charge is 0.381 e. The molecule has 2 heterocycles. The molecule has 0 radical (unpaired) electrons. The molecule has 0 amide bonds. The molecule has 0 aromatic carbocycles. The van der Waals surface area contributed by atoms with Gasteiger partial charge in [0.05, 0.1) is 5.69 Å². The van der Waals surface area contributed by atoms with Crippen molar-refractivity contribution in [1.82, 2.24) is 10.5 Å². The van der Waals surface area contributed by atoms with E-state index in [0.717, 1.165) is 44.8 Å². The van der Waals surface area contributed by atoms with E-state index in [9.17, 15) is 0 Å². The second kappa shape index (κ2) is 4.77. The Kier molecular flexibility index (Phi) is 3.38. The molecule has 1 N–H and O–H groups in total. The summed E-state index contributed by atoms with van der Waals surface area (Å²) >= 11 is 0. The topological polar surface area (TPSA) is 47.3 Å². The van der Waals surface area contributed by atoms with Gasteiger partial charge in [-0.05, 0) is 18.3 Å². The Morgan fingerprint density at radius 2 is 2.27 bits per heavy atom. The molecule has 0 bridgehead atoms. The number of hydrogen-bond donors (Lipinski definition) is 1. The van der Waals surface area contributed by atoms with Gasteiger partial charge in [0.2, 0.25) is 0 Å². The minimum Gasteiger partial charge on any atom is -0.381 e. The number of ether oxygens (including phenoxy) is 1. The molecule has 0 atom stereocenters. The van der Waals surface area contributed by atoms with E-state index in [0.29, 0.717) is 5.41 Å². The van der Waals surface area contributed by atoms with E-state index in [1.54, 1.807) is 6.26 Å². The molecule has 1 aliphatic rings. The van der Waals surface area contributed by atoms with Crippen molar-refractivity contribution in [2.75, 3.05) is 19.8 Å². The molecule has 15 heavy (non-hydrogen) atoms. The molecule has 84 valence electrons. The summed E-state index contributed by atoms with van der Waals surface area (Å²) in [7, 11) is 0. The average molecular weight is 210 g/mol. The zero-order valence-corrected chi connectivity index (χ0v) is 9.16. The first-order valence-corrected chi connectivity index (χ1v) is 5.46. The highest BCUT2D eigenvalue weighted by Gasteiger charge is 2.26. The minimum absolute atomic E-state index is 0.377. The lowest BCUT2D eigenvalue weighted by atomic mass is 9.82. The Bertz CT molecular complexity index is 279. The quantitative estimate of drug-likeness (QED) is 0.819. The van der Waals surface area contributed by atoms with Gasteiger partial charge in [0, 0.05) is 32.4 Å². The van der Waals surface area contributed by atoms with Crippen molar-refractivity contribution in [3.05, 3.63) is 18.0 Å². The second-order valence-electron chi connectivity index (χ2n) is 4.52. The molecule has 4 heteroatoms. The first-order chi connectivity index (χ1) is 7.29. The van der Waals surface area contributed by atoms with Crippen LogP contribution in [0.15, 0.2) is 16.9 Å². The zero-order chi connectivity index (χ0) is 10.6. The summed E-state index contributed by atoms with van der Waals surface area (Å²) in [6.45, 7) is 5.89. The van der Waals surface area contributed by atoms with Gasteiger partial charge in [-0.25, -0.2) is 0 Å². The lowest BCUT2D eigenvalue weighted by Gasteiger charge is -2.33. The number of aromatic nitrogens is 1. The fraction of sp³-hybridized carbons (Fsp3) is 0.727. The van der Waals surface area contributed by atoms with Crippen LogP contribution in [-0.4, -0.2) is 24.9 Å². The Labute approximate surface area is 90.0 Å². The average Bonchev–Trinajstić information content (AvgIpc) is 2.71. The van der Waals surface area contributed by atoms with Gasteiger partial charge in [-0.15, -0.1) is 0 Å². The van der Waals surface area contributed by atoms with E-state index < -0.39 is 0 Å². The molecular weight excluding hydrogens is 192 g/mol. The van der Waals surface area contributed by atoms with E-state index in [1.165, 1.54) is 0 Å². The molecule has 0 aliphatic carbocycles. The third kappa shape index (κ3) is 3.04. The lowest BCUT2D eigenvalue weighted by molar-refractivity contribution is 0.0239. The van der Waals surface area contributed by atoms with Crippen LogP contribution in [0, 0.1) is 5.41 Å². The molecule has 1 fully saturated rings. The Hall–Kier alpha value is -0.870. The van der Waals surface area contributed by atoms with Gasteiger partial charge in [0.15, 0.2) is 0 Å². The van der Waals surface area contributed by atoms with Gasteiger partial charge in [-0.1, -0.05) is 12.1 Å². The highest BCUT2D eigenvalue weighted by atomic mass is 16.5. The van der Waals surface area contributed by atoms with E-state index in [-0.39, 0.29) is 0 Å². The van der Waals surface area contributed by atoms with Gasteiger partial charge >= 0.3 is 0 Å². The number of rotatable bonds is 4. The van der Waals surface area contributed by atoms with Crippen LogP contribution < -0.4 is 5.32 Å². The lowest BCUT2D eigenvalue weighted by Crippen LogP contribution is -2.36. The Balaban J connectivity index is 1.72. The predicted octanol–water partition coefficient (Wildman–Crippen LogP) is 1.58. The minimum atomic E-state index is 0.377. The number of nitrogens with zero attached hydrogens (tertiary/aromatic N) is 1. The van der Waals surface area contributed by atoms with Gasteiger partial charge in [0.25, 0.3) is 0 Å².